The van der Waals surface area contributed by atoms with E-state index in [4.69, 9.17) is 4.74 Å². The number of benzene rings is 2. The van der Waals surface area contributed by atoms with Gasteiger partial charge in [0.25, 0.3) is 0 Å². The number of anilines is 1. The van der Waals surface area contributed by atoms with Crippen molar-refractivity contribution in [1.29, 1.82) is 0 Å². The van der Waals surface area contributed by atoms with Crippen molar-refractivity contribution in [3.63, 3.8) is 0 Å². The zero-order valence-electron chi connectivity index (χ0n) is 17.4. The van der Waals surface area contributed by atoms with Crippen molar-refractivity contribution in [2.75, 3.05) is 18.2 Å². The number of methoxy groups -OCH3 is 1. The molecular formula is C23H20BrN5O2S. The van der Waals surface area contributed by atoms with Gasteiger partial charge >= 0.3 is 0 Å². The average molecular weight is 510 g/mol. The summed E-state index contributed by atoms with van der Waals surface area (Å²) in [5.74, 6) is 1.50. The lowest BCUT2D eigenvalue weighted by Crippen LogP contribution is -2.14. The smallest absolute Gasteiger partial charge is 0.234 e. The molecule has 0 atom stereocenters. The minimum Gasteiger partial charge on any atom is -0.497 e. The molecule has 0 aliphatic heterocycles. The fourth-order valence-corrected chi connectivity index (χ4v) is 4.06. The molecule has 4 rings (SSSR count). The van der Waals surface area contributed by atoms with Gasteiger partial charge in [-0.05, 0) is 67.1 Å². The van der Waals surface area contributed by atoms with Crippen molar-refractivity contribution >= 4 is 39.3 Å². The second-order valence-corrected chi connectivity index (χ2v) is 8.67. The molecule has 1 N–H and O–H groups in total. The molecular weight excluding hydrogens is 490 g/mol. The summed E-state index contributed by atoms with van der Waals surface area (Å²) in [7, 11) is 1.63. The van der Waals surface area contributed by atoms with Gasteiger partial charge in [0.2, 0.25) is 5.91 Å². The summed E-state index contributed by atoms with van der Waals surface area (Å²) in [6.07, 6.45) is 3.42. The van der Waals surface area contributed by atoms with Crippen LogP contribution < -0.4 is 10.1 Å². The van der Waals surface area contributed by atoms with Crippen LogP contribution in [-0.4, -0.2) is 38.5 Å². The molecule has 0 aliphatic carbocycles. The number of thioether (sulfide) groups is 1. The monoisotopic (exact) mass is 509 g/mol. The van der Waals surface area contributed by atoms with E-state index in [1.54, 1.807) is 19.5 Å². The number of rotatable bonds is 7. The molecule has 0 unspecified atom stereocenters. The van der Waals surface area contributed by atoms with Crippen LogP contribution in [0.3, 0.4) is 0 Å². The largest absolute Gasteiger partial charge is 0.497 e. The van der Waals surface area contributed by atoms with Crippen molar-refractivity contribution in [2.45, 2.75) is 12.1 Å². The Morgan fingerprint density at radius 3 is 2.53 bits per heavy atom. The maximum absolute atomic E-state index is 12.6. The Kier molecular flexibility index (Phi) is 6.87. The molecule has 4 aromatic rings. The Morgan fingerprint density at radius 1 is 1.09 bits per heavy atom. The maximum atomic E-state index is 12.6. The molecule has 0 saturated heterocycles. The normalized spacial score (nSPS) is 10.7. The molecule has 0 radical (unpaired) electrons. The Morgan fingerprint density at radius 2 is 1.84 bits per heavy atom. The highest BCUT2D eigenvalue weighted by atomic mass is 79.9. The van der Waals surface area contributed by atoms with Crippen LogP contribution >= 0.6 is 27.7 Å². The van der Waals surface area contributed by atoms with Crippen molar-refractivity contribution in [3.8, 4) is 22.8 Å². The number of nitrogens with zero attached hydrogens (tertiary/aromatic N) is 4. The van der Waals surface area contributed by atoms with Gasteiger partial charge in [-0.1, -0.05) is 27.7 Å². The predicted octanol–water partition coefficient (Wildman–Crippen LogP) is 5.14. The molecule has 0 saturated carbocycles. The number of carbonyl (C=O) groups is 1. The lowest BCUT2D eigenvalue weighted by molar-refractivity contribution is -0.113. The minimum atomic E-state index is -0.119. The van der Waals surface area contributed by atoms with E-state index in [1.165, 1.54) is 11.8 Å². The number of nitrogens with one attached hydrogen (secondary N) is 1. The maximum Gasteiger partial charge on any atom is 0.234 e. The first kappa shape index (κ1) is 22.0. The van der Waals surface area contributed by atoms with Crippen LogP contribution in [0, 0.1) is 6.92 Å². The number of amides is 1. The number of hydrogen-bond donors (Lipinski definition) is 1. The number of pyridine rings is 1. The first-order valence-electron chi connectivity index (χ1n) is 9.74. The van der Waals surface area contributed by atoms with Crippen LogP contribution in [0.2, 0.25) is 0 Å². The topological polar surface area (TPSA) is 81.9 Å². The van der Waals surface area contributed by atoms with Crippen molar-refractivity contribution in [3.05, 3.63) is 77.0 Å². The van der Waals surface area contributed by atoms with Gasteiger partial charge in [-0.2, -0.15) is 0 Å². The number of hydrogen-bond acceptors (Lipinski definition) is 6. The molecule has 162 valence electrons. The first-order chi connectivity index (χ1) is 15.5. The van der Waals surface area contributed by atoms with Gasteiger partial charge in [-0.3, -0.25) is 14.3 Å². The fourth-order valence-electron chi connectivity index (χ4n) is 3.07. The molecule has 9 heteroatoms. The van der Waals surface area contributed by atoms with Gasteiger partial charge in [0.15, 0.2) is 11.0 Å². The highest BCUT2D eigenvalue weighted by Crippen LogP contribution is 2.29. The van der Waals surface area contributed by atoms with Gasteiger partial charge in [0, 0.05) is 33.8 Å². The van der Waals surface area contributed by atoms with Crippen molar-refractivity contribution in [1.82, 2.24) is 19.7 Å². The van der Waals surface area contributed by atoms with Gasteiger partial charge < -0.3 is 10.1 Å². The third kappa shape index (κ3) is 5.00. The third-order valence-corrected chi connectivity index (χ3v) is 6.50. The second-order valence-electron chi connectivity index (χ2n) is 6.88. The summed E-state index contributed by atoms with van der Waals surface area (Å²) in [6.45, 7) is 1.98. The van der Waals surface area contributed by atoms with E-state index in [9.17, 15) is 4.79 Å². The summed E-state index contributed by atoms with van der Waals surface area (Å²) >= 11 is 4.79. The zero-order chi connectivity index (χ0) is 22.5. The average Bonchev–Trinajstić information content (AvgIpc) is 3.25. The second kappa shape index (κ2) is 9.97. The van der Waals surface area contributed by atoms with E-state index in [0.717, 1.165) is 32.7 Å². The molecule has 2 aromatic heterocycles. The Hall–Kier alpha value is -3.17. The molecule has 0 bridgehead atoms. The predicted molar refractivity (Wildman–Crippen MR) is 129 cm³/mol. The third-order valence-electron chi connectivity index (χ3n) is 4.68. The first-order valence-corrected chi connectivity index (χ1v) is 11.5. The van der Waals surface area contributed by atoms with Crippen LogP contribution in [0.5, 0.6) is 5.75 Å². The number of carbonyl (C=O) groups excluding carboxylic acids is 1. The minimum absolute atomic E-state index is 0.119. The standard InChI is InChI=1S/C23H20BrN5O2S/c1-15-13-17(3-8-20(15)24)26-21(30)14-32-23-28-27-22(16-9-11-25-12-10-16)29(23)18-4-6-19(31-2)7-5-18/h3-13H,14H2,1-2H3,(H,26,30). The number of halogens is 1. The van der Waals surface area contributed by atoms with Crippen LogP contribution in [-0.2, 0) is 4.79 Å². The van der Waals surface area contributed by atoms with Gasteiger partial charge in [-0.25, -0.2) is 0 Å². The van der Waals surface area contributed by atoms with Crippen LogP contribution in [0.1, 0.15) is 5.56 Å². The van der Waals surface area contributed by atoms with Gasteiger partial charge in [0.1, 0.15) is 5.75 Å². The number of aryl methyl sites for hydroxylation is 1. The molecule has 1 amide bonds. The molecule has 2 aromatic carbocycles. The Labute approximate surface area is 198 Å². The molecule has 0 spiro atoms. The summed E-state index contributed by atoms with van der Waals surface area (Å²) in [4.78, 5) is 16.6. The summed E-state index contributed by atoms with van der Waals surface area (Å²) in [5, 5.41) is 12.3. The Balaban J connectivity index is 1.58. The van der Waals surface area contributed by atoms with E-state index >= 15 is 0 Å². The molecule has 0 aliphatic rings. The number of aromatic nitrogens is 4. The highest BCUT2D eigenvalue weighted by Gasteiger charge is 2.17. The zero-order valence-corrected chi connectivity index (χ0v) is 19.9. The number of ether oxygens (including phenoxy) is 1. The lowest BCUT2D eigenvalue weighted by atomic mass is 10.2. The lowest BCUT2D eigenvalue weighted by Gasteiger charge is -2.11. The quantitative estimate of drug-likeness (QED) is 0.347. The molecule has 2 heterocycles. The van der Waals surface area contributed by atoms with Crippen LogP contribution in [0.25, 0.3) is 17.1 Å². The van der Waals surface area contributed by atoms with E-state index in [0.29, 0.717) is 11.0 Å². The van der Waals surface area contributed by atoms with E-state index in [-0.39, 0.29) is 11.7 Å². The molecule has 32 heavy (non-hydrogen) atoms. The van der Waals surface area contributed by atoms with Crippen molar-refractivity contribution in [2.24, 2.45) is 0 Å². The summed E-state index contributed by atoms with van der Waals surface area (Å²) < 4.78 is 8.20. The highest BCUT2D eigenvalue weighted by molar-refractivity contribution is 9.10. The van der Waals surface area contributed by atoms with Crippen molar-refractivity contribution < 1.29 is 9.53 Å². The van der Waals surface area contributed by atoms with E-state index < -0.39 is 0 Å². The summed E-state index contributed by atoms with van der Waals surface area (Å²) in [6, 6.07) is 17.1. The van der Waals surface area contributed by atoms with Gasteiger partial charge in [-0.15, -0.1) is 10.2 Å². The van der Waals surface area contributed by atoms with E-state index in [1.807, 2.05) is 66.1 Å². The fraction of sp³-hybridized carbons (Fsp3) is 0.130. The van der Waals surface area contributed by atoms with Crippen LogP contribution in [0.4, 0.5) is 5.69 Å². The SMILES string of the molecule is COc1ccc(-n2c(SCC(=O)Nc3ccc(Br)c(C)c3)nnc2-c2ccncc2)cc1. The summed E-state index contributed by atoms with van der Waals surface area (Å²) in [5.41, 5.74) is 3.56. The van der Waals surface area contributed by atoms with Crippen LogP contribution in [0.15, 0.2) is 76.6 Å². The Bertz CT molecular complexity index is 1230. The van der Waals surface area contributed by atoms with Gasteiger partial charge in [0.05, 0.1) is 12.9 Å². The molecule has 7 nitrogen and oxygen atoms in total. The molecule has 0 fully saturated rings. The van der Waals surface area contributed by atoms with E-state index in [2.05, 4.69) is 36.4 Å².